The summed E-state index contributed by atoms with van der Waals surface area (Å²) in [6.07, 6.45) is 4.49. The van der Waals surface area contributed by atoms with Crippen molar-refractivity contribution < 1.29 is 23.9 Å². The number of ether oxygens (including phenoxy) is 1. The van der Waals surface area contributed by atoms with Crippen LogP contribution in [0, 0.1) is 6.92 Å². The summed E-state index contributed by atoms with van der Waals surface area (Å²) in [5.74, 6) is 1.33. The van der Waals surface area contributed by atoms with Crippen LogP contribution in [0.5, 0.6) is 5.75 Å². The maximum absolute atomic E-state index is 10.7. The lowest BCUT2D eigenvalue weighted by Gasteiger charge is -2.08. The second-order valence-corrected chi connectivity index (χ2v) is 9.31. The Kier molecular flexibility index (Phi) is 10.3. The summed E-state index contributed by atoms with van der Waals surface area (Å²) in [5.41, 5.74) is 4.61. The van der Waals surface area contributed by atoms with E-state index < -0.39 is 5.97 Å². The Morgan fingerprint density at radius 3 is 2.21 bits per heavy atom. The SMILES string of the molecule is Cc1oc(-c2ccccc2)nc1COc1ccc(CON=C(CCCCCCC(=O)O)c2ccccc2)cc1. The molecule has 0 saturated heterocycles. The molecule has 0 saturated carbocycles. The first-order valence-electron chi connectivity index (χ1n) is 13.3. The molecule has 39 heavy (non-hydrogen) atoms. The molecule has 0 fully saturated rings. The number of hydrogen-bond acceptors (Lipinski definition) is 6. The van der Waals surface area contributed by atoms with Gasteiger partial charge in [-0.25, -0.2) is 4.98 Å². The van der Waals surface area contributed by atoms with Gasteiger partial charge in [0.25, 0.3) is 0 Å². The first-order valence-corrected chi connectivity index (χ1v) is 13.3. The molecule has 3 aromatic carbocycles. The first kappa shape index (κ1) is 27.6. The predicted molar refractivity (Wildman–Crippen MR) is 151 cm³/mol. The lowest BCUT2D eigenvalue weighted by atomic mass is 10.0. The van der Waals surface area contributed by atoms with E-state index >= 15 is 0 Å². The van der Waals surface area contributed by atoms with Gasteiger partial charge in [-0.3, -0.25) is 4.79 Å². The molecule has 7 nitrogen and oxygen atoms in total. The number of oxazole rings is 1. The molecule has 0 amide bonds. The highest BCUT2D eigenvalue weighted by Crippen LogP contribution is 2.23. The molecule has 0 unspecified atom stereocenters. The third-order valence-corrected chi connectivity index (χ3v) is 6.28. The summed E-state index contributed by atoms with van der Waals surface area (Å²) in [6, 6.07) is 27.5. The third-order valence-electron chi connectivity index (χ3n) is 6.28. The minimum absolute atomic E-state index is 0.224. The Bertz CT molecular complexity index is 1330. The molecule has 1 N–H and O–H groups in total. The molecule has 7 heteroatoms. The van der Waals surface area contributed by atoms with Gasteiger partial charge in [0.05, 0.1) is 5.71 Å². The number of aromatic nitrogens is 1. The average molecular weight is 527 g/mol. The monoisotopic (exact) mass is 526 g/mol. The molecule has 1 aromatic heterocycles. The highest BCUT2D eigenvalue weighted by molar-refractivity contribution is 6.00. The minimum atomic E-state index is -0.739. The fourth-order valence-corrected chi connectivity index (χ4v) is 4.08. The van der Waals surface area contributed by atoms with E-state index in [0.717, 1.165) is 65.3 Å². The number of unbranched alkanes of at least 4 members (excludes halogenated alkanes) is 3. The standard InChI is InChI=1S/C32H34N2O5/c1-24-30(33-32(39-24)27-14-8-5-9-15-27)23-37-28-20-18-25(19-21-28)22-38-34-29(26-12-6-4-7-13-26)16-10-2-3-11-17-31(35)36/h4-9,12-15,18-21H,2-3,10-11,16-17,22-23H2,1H3,(H,35,36). The highest BCUT2D eigenvalue weighted by atomic mass is 16.6. The largest absolute Gasteiger partial charge is 0.487 e. The topological polar surface area (TPSA) is 94.2 Å². The van der Waals surface area contributed by atoms with Gasteiger partial charge < -0.3 is 19.1 Å². The van der Waals surface area contributed by atoms with Crippen LogP contribution in [0.4, 0.5) is 0 Å². The van der Waals surface area contributed by atoms with E-state index in [-0.39, 0.29) is 6.42 Å². The number of carboxylic acids is 1. The van der Waals surface area contributed by atoms with Crippen LogP contribution < -0.4 is 4.74 Å². The lowest BCUT2D eigenvalue weighted by Crippen LogP contribution is -2.03. The van der Waals surface area contributed by atoms with E-state index in [0.29, 0.717) is 25.5 Å². The van der Waals surface area contributed by atoms with Crippen molar-refractivity contribution in [3.05, 3.63) is 108 Å². The summed E-state index contributed by atoms with van der Waals surface area (Å²) < 4.78 is 11.8. The predicted octanol–water partition coefficient (Wildman–Crippen LogP) is 7.58. The number of hydrogen-bond donors (Lipinski definition) is 1. The Morgan fingerprint density at radius 1 is 0.846 bits per heavy atom. The van der Waals surface area contributed by atoms with Crippen molar-refractivity contribution in [2.45, 2.75) is 58.7 Å². The quantitative estimate of drug-likeness (QED) is 0.0975. The first-order chi connectivity index (χ1) is 19.1. The number of aryl methyl sites for hydroxylation is 1. The van der Waals surface area contributed by atoms with Crippen molar-refractivity contribution in [3.8, 4) is 17.2 Å². The molecule has 0 aliphatic heterocycles. The van der Waals surface area contributed by atoms with Gasteiger partial charge in [-0.1, -0.05) is 78.7 Å². The zero-order valence-corrected chi connectivity index (χ0v) is 22.2. The Hall–Kier alpha value is -4.39. The van der Waals surface area contributed by atoms with E-state index in [9.17, 15) is 4.79 Å². The average Bonchev–Trinajstić information content (AvgIpc) is 3.34. The number of rotatable bonds is 15. The molecule has 202 valence electrons. The Balaban J connectivity index is 1.27. The molecule has 0 radical (unpaired) electrons. The molecular formula is C32H34N2O5. The second-order valence-electron chi connectivity index (χ2n) is 9.31. The number of nitrogens with zero attached hydrogens (tertiary/aromatic N) is 2. The van der Waals surface area contributed by atoms with E-state index in [1.165, 1.54) is 0 Å². The zero-order valence-electron chi connectivity index (χ0n) is 22.2. The highest BCUT2D eigenvalue weighted by Gasteiger charge is 2.12. The molecule has 0 bridgehead atoms. The summed E-state index contributed by atoms with van der Waals surface area (Å²) in [5, 5.41) is 13.2. The van der Waals surface area contributed by atoms with Crippen LogP contribution in [0.15, 0.2) is 94.5 Å². The van der Waals surface area contributed by atoms with Crippen molar-refractivity contribution in [2.24, 2.45) is 5.16 Å². The van der Waals surface area contributed by atoms with Crippen LogP contribution >= 0.6 is 0 Å². The molecule has 0 atom stereocenters. The fourth-order valence-electron chi connectivity index (χ4n) is 4.08. The van der Waals surface area contributed by atoms with Crippen molar-refractivity contribution in [1.82, 2.24) is 4.98 Å². The number of aliphatic carboxylic acids is 1. The molecule has 1 heterocycles. The van der Waals surface area contributed by atoms with Crippen molar-refractivity contribution in [3.63, 3.8) is 0 Å². The maximum atomic E-state index is 10.7. The van der Waals surface area contributed by atoms with Crippen LogP contribution in [0.2, 0.25) is 0 Å². The molecular weight excluding hydrogens is 492 g/mol. The number of carbonyl (C=O) groups is 1. The Labute approximate surface area is 229 Å². The van der Waals surface area contributed by atoms with Crippen LogP contribution in [-0.4, -0.2) is 21.8 Å². The van der Waals surface area contributed by atoms with Gasteiger partial charge in [0.15, 0.2) is 0 Å². The van der Waals surface area contributed by atoms with Gasteiger partial charge in [-0.15, -0.1) is 0 Å². The maximum Gasteiger partial charge on any atom is 0.303 e. The summed E-state index contributed by atoms with van der Waals surface area (Å²) >= 11 is 0. The zero-order chi connectivity index (χ0) is 27.3. The van der Waals surface area contributed by atoms with Crippen molar-refractivity contribution in [1.29, 1.82) is 0 Å². The van der Waals surface area contributed by atoms with Gasteiger partial charge in [0.1, 0.15) is 30.4 Å². The summed E-state index contributed by atoms with van der Waals surface area (Å²) in [4.78, 5) is 21.0. The van der Waals surface area contributed by atoms with E-state index in [2.05, 4.69) is 10.1 Å². The number of oxime groups is 1. The Morgan fingerprint density at radius 2 is 1.51 bits per heavy atom. The second kappa shape index (κ2) is 14.5. The van der Waals surface area contributed by atoms with E-state index in [4.69, 9.17) is 19.1 Å². The van der Waals surface area contributed by atoms with E-state index in [1.807, 2.05) is 91.9 Å². The number of benzene rings is 3. The summed E-state index contributed by atoms with van der Waals surface area (Å²) in [6.45, 7) is 2.55. The number of carboxylic acid groups (broad SMARTS) is 1. The minimum Gasteiger partial charge on any atom is -0.487 e. The lowest BCUT2D eigenvalue weighted by molar-refractivity contribution is -0.137. The van der Waals surface area contributed by atoms with Crippen molar-refractivity contribution in [2.75, 3.05) is 0 Å². The molecule has 0 aliphatic carbocycles. The van der Waals surface area contributed by atoms with Crippen LogP contribution in [0.3, 0.4) is 0 Å². The third kappa shape index (κ3) is 8.85. The van der Waals surface area contributed by atoms with Gasteiger partial charge in [0, 0.05) is 12.0 Å². The van der Waals surface area contributed by atoms with Crippen LogP contribution in [0.25, 0.3) is 11.5 Å². The van der Waals surface area contributed by atoms with Gasteiger partial charge >= 0.3 is 5.97 Å². The fraction of sp³-hybridized carbons (Fsp3) is 0.281. The normalized spacial score (nSPS) is 11.4. The van der Waals surface area contributed by atoms with Gasteiger partial charge in [-0.2, -0.15) is 0 Å². The molecule has 0 spiro atoms. The molecule has 4 rings (SSSR count). The van der Waals surface area contributed by atoms with E-state index in [1.54, 1.807) is 0 Å². The van der Waals surface area contributed by atoms with Crippen LogP contribution in [0.1, 0.15) is 61.1 Å². The molecule has 0 aliphatic rings. The van der Waals surface area contributed by atoms with Gasteiger partial charge in [-0.05, 0) is 61.6 Å². The van der Waals surface area contributed by atoms with Gasteiger partial charge in [0.2, 0.25) is 5.89 Å². The smallest absolute Gasteiger partial charge is 0.303 e. The van der Waals surface area contributed by atoms with Crippen molar-refractivity contribution >= 4 is 11.7 Å². The van der Waals surface area contributed by atoms with Crippen LogP contribution in [-0.2, 0) is 22.8 Å². The molecule has 4 aromatic rings. The summed E-state index contributed by atoms with van der Waals surface area (Å²) in [7, 11) is 0.